The Morgan fingerprint density at radius 3 is 3.19 bits per heavy atom. The van der Waals surface area contributed by atoms with Gasteiger partial charge in [-0.25, -0.2) is 0 Å². The van der Waals surface area contributed by atoms with Crippen LogP contribution >= 0.6 is 0 Å². The summed E-state index contributed by atoms with van der Waals surface area (Å²) in [6, 6.07) is 4.32. The van der Waals surface area contributed by atoms with Crippen LogP contribution in [0.3, 0.4) is 0 Å². The van der Waals surface area contributed by atoms with Crippen LogP contribution in [0.4, 0.5) is 0 Å². The Morgan fingerprint density at radius 2 is 2.56 bits per heavy atom. The van der Waals surface area contributed by atoms with Gasteiger partial charge in [-0.05, 0) is 36.8 Å². The average Bonchev–Trinajstić information content (AvgIpc) is 2.38. The third-order valence-electron chi connectivity index (χ3n) is 3.16. The first kappa shape index (κ1) is 11.5. The number of ether oxygens (including phenoxy) is 1. The van der Waals surface area contributed by atoms with Gasteiger partial charge in [-0.3, -0.25) is 16.3 Å². The first-order valence-electron chi connectivity index (χ1n) is 5.83. The predicted molar refractivity (Wildman–Crippen MR) is 62.6 cm³/mol. The van der Waals surface area contributed by atoms with E-state index in [9.17, 15) is 0 Å². The van der Waals surface area contributed by atoms with Crippen molar-refractivity contribution in [1.82, 2.24) is 10.4 Å². The van der Waals surface area contributed by atoms with Gasteiger partial charge < -0.3 is 4.74 Å². The Morgan fingerprint density at radius 1 is 1.62 bits per heavy atom. The second-order valence-corrected chi connectivity index (χ2v) is 4.32. The van der Waals surface area contributed by atoms with Gasteiger partial charge in [0.05, 0.1) is 6.61 Å². The zero-order valence-corrected chi connectivity index (χ0v) is 9.43. The molecule has 2 heterocycles. The van der Waals surface area contributed by atoms with Crippen LogP contribution in [-0.4, -0.2) is 24.2 Å². The number of rotatable bonds is 4. The van der Waals surface area contributed by atoms with Gasteiger partial charge in [0.15, 0.2) is 0 Å². The molecule has 0 saturated carbocycles. The fourth-order valence-electron chi connectivity index (χ4n) is 2.22. The molecule has 16 heavy (non-hydrogen) atoms. The van der Waals surface area contributed by atoms with Gasteiger partial charge in [0, 0.05) is 25.0 Å². The minimum Gasteiger partial charge on any atom is -0.381 e. The van der Waals surface area contributed by atoms with Crippen molar-refractivity contribution in [2.24, 2.45) is 11.8 Å². The van der Waals surface area contributed by atoms with Gasteiger partial charge in [0.1, 0.15) is 0 Å². The summed E-state index contributed by atoms with van der Waals surface area (Å²) in [5.41, 5.74) is 4.13. The maximum Gasteiger partial charge on any atom is 0.0509 e. The number of pyridine rings is 1. The van der Waals surface area contributed by atoms with Gasteiger partial charge in [0.25, 0.3) is 0 Å². The van der Waals surface area contributed by atoms with Crippen molar-refractivity contribution < 1.29 is 4.74 Å². The molecule has 2 unspecified atom stereocenters. The number of hydrogen-bond acceptors (Lipinski definition) is 4. The number of nitrogens with zero attached hydrogens (tertiary/aromatic N) is 1. The van der Waals surface area contributed by atoms with Crippen molar-refractivity contribution >= 4 is 0 Å². The molecule has 4 heteroatoms. The topological polar surface area (TPSA) is 60.2 Å². The van der Waals surface area contributed by atoms with E-state index < -0.39 is 0 Å². The molecule has 0 aliphatic carbocycles. The molecule has 1 aromatic rings. The normalized spacial score (nSPS) is 22.9. The number of nitrogens with one attached hydrogen (secondary N) is 1. The first-order chi connectivity index (χ1) is 7.90. The summed E-state index contributed by atoms with van der Waals surface area (Å²) in [4.78, 5) is 4.12. The Balaban J connectivity index is 1.94. The average molecular weight is 221 g/mol. The monoisotopic (exact) mass is 221 g/mol. The summed E-state index contributed by atoms with van der Waals surface area (Å²) < 4.78 is 5.49. The molecule has 2 atom stereocenters. The van der Waals surface area contributed by atoms with Crippen LogP contribution in [0, 0.1) is 5.92 Å². The third-order valence-corrected chi connectivity index (χ3v) is 3.16. The van der Waals surface area contributed by atoms with E-state index in [1.54, 1.807) is 6.20 Å². The lowest BCUT2D eigenvalue weighted by Crippen LogP contribution is -2.45. The lowest BCUT2D eigenvalue weighted by atomic mass is 9.90. The smallest absolute Gasteiger partial charge is 0.0509 e. The first-order valence-corrected chi connectivity index (χ1v) is 5.83. The third kappa shape index (κ3) is 3.01. The summed E-state index contributed by atoms with van der Waals surface area (Å²) in [7, 11) is 0. The van der Waals surface area contributed by atoms with Crippen molar-refractivity contribution in [3.63, 3.8) is 0 Å². The second-order valence-electron chi connectivity index (χ2n) is 4.32. The van der Waals surface area contributed by atoms with E-state index in [1.165, 1.54) is 12.0 Å². The largest absolute Gasteiger partial charge is 0.381 e. The zero-order valence-electron chi connectivity index (χ0n) is 9.43. The summed E-state index contributed by atoms with van der Waals surface area (Å²) in [5, 5.41) is 0. The van der Waals surface area contributed by atoms with E-state index in [2.05, 4.69) is 16.5 Å². The fraction of sp³-hybridized carbons (Fsp3) is 0.583. The molecule has 1 aliphatic rings. The van der Waals surface area contributed by atoms with Crippen LogP contribution < -0.4 is 11.3 Å². The predicted octanol–water partition coefficient (Wildman–Crippen LogP) is 0.883. The van der Waals surface area contributed by atoms with Gasteiger partial charge in [-0.1, -0.05) is 6.07 Å². The molecule has 1 aromatic heterocycles. The highest BCUT2D eigenvalue weighted by Crippen LogP contribution is 2.19. The molecule has 1 saturated heterocycles. The highest BCUT2D eigenvalue weighted by Gasteiger charge is 2.23. The van der Waals surface area contributed by atoms with E-state index in [0.29, 0.717) is 5.92 Å². The molecule has 4 nitrogen and oxygen atoms in total. The van der Waals surface area contributed by atoms with Gasteiger partial charge in [-0.15, -0.1) is 0 Å². The number of hydrazine groups is 1. The van der Waals surface area contributed by atoms with E-state index in [-0.39, 0.29) is 6.04 Å². The van der Waals surface area contributed by atoms with Gasteiger partial charge >= 0.3 is 0 Å². The molecule has 2 rings (SSSR count). The van der Waals surface area contributed by atoms with Gasteiger partial charge in [0.2, 0.25) is 0 Å². The van der Waals surface area contributed by atoms with Crippen molar-refractivity contribution in [2.45, 2.75) is 25.3 Å². The summed E-state index contributed by atoms with van der Waals surface area (Å²) >= 11 is 0. The van der Waals surface area contributed by atoms with E-state index in [0.717, 1.165) is 26.1 Å². The van der Waals surface area contributed by atoms with Gasteiger partial charge in [-0.2, -0.15) is 0 Å². The molecule has 0 amide bonds. The number of hydrogen-bond donors (Lipinski definition) is 2. The standard InChI is InChI=1S/C12H19N3O/c13-15-12(11-4-2-6-16-9-11)7-10-3-1-5-14-8-10/h1,3,5,8,11-12,15H,2,4,6-7,9,13H2. The molecule has 0 radical (unpaired) electrons. The lowest BCUT2D eigenvalue weighted by molar-refractivity contribution is 0.0393. The van der Waals surface area contributed by atoms with E-state index >= 15 is 0 Å². The van der Waals surface area contributed by atoms with E-state index in [1.807, 2.05) is 12.3 Å². The Hall–Kier alpha value is -0.970. The molecule has 1 fully saturated rings. The Labute approximate surface area is 96.2 Å². The zero-order chi connectivity index (χ0) is 11.2. The molecule has 1 aliphatic heterocycles. The van der Waals surface area contributed by atoms with Crippen LogP contribution in [0.1, 0.15) is 18.4 Å². The van der Waals surface area contributed by atoms with Crippen LogP contribution in [0.5, 0.6) is 0 Å². The highest BCUT2D eigenvalue weighted by atomic mass is 16.5. The molecular formula is C12H19N3O. The highest BCUT2D eigenvalue weighted by molar-refractivity contribution is 5.10. The maximum absolute atomic E-state index is 5.63. The Kier molecular flexibility index (Phi) is 4.27. The number of aromatic nitrogens is 1. The summed E-state index contributed by atoms with van der Waals surface area (Å²) in [5.74, 6) is 6.14. The van der Waals surface area contributed by atoms with Crippen molar-refractivity contribution in [3.8, 4) is 0 Å². The SMILES string of the molecule is NNC(Cc1cccnc1)C1CCCOC1. The summed E-state index contributed by atoms with van der Waals surface area (Å²) in [6.45, 7) is 1.70. The fourth-order valence-corrected chi connectivity index (χ4v) is 2.22. The van der Waals surface area contributed by atoms with Crippen LogP contribution in [-0.2, 0) is 11.2 Å². The molecular weight excluding hydrogens is 202 g/mol. The minimum absolute atomic E-state index is 0.282. The second kappa shape index (κ2) is 5.94. The maximum atomic E-state index is 5.63. The van der Waals surface area contributed by atoms with Crippen molar-refractivity contribution in [1.29, 1.82) is 0 Å². The van der Waals surface area contributed by atoms with Crippen LogP contribution in [0.25, 0.3) is 0 Å². The molecule has 88 valence electrons. The van der Waals surface area contributed by atoms with Crippen molar-refractivity contribution in [2.75, 3.05) is 13.2 Å². The molecule has 0 bridgehead atoms. The van der Waals surface area contributed by atoms with Crippen LogP contribution in [0.2, 0.25) is 0 Å². The number of nitrogens with two attached hydrogens (primary N) is 1. The van der Waals surface area contributed by atoms with E-state index in [4.69, 9.17) is 10.6 Å². The molecule has 0 spiro atoms. The molecule has 3 N–H and O–H groups in total. The lowest BCUT2D eigenvalue weighted by Gasteiger charge is -2.29. The quantitative estimate of drug-likeness (QED) is 0.585. The molecule has 0 aromatic carbocycles. The van der Waals surface area contributed by atoms with Crippen LogP contribution in [0.15, 0.2) is 24.5 Å². The Bertz CT molecular complexity index is 298. The van der Waals surface area contributed by atoms with Crippen molar-refractivity contribution in [3.05, 3.63) is 30.1 Å². The summed E-state index contributed by atoms with van der Waals surface area (Å²) in [6.07, 6.45) is 6.93. The minimum atomic E-state index is 0.282.